The number of hydrogen-bond acceptors (Lipinski definition) is 5. The van der Waals surface area contributed by atoms with Crippen molar-refractivity contribution in [1.82, 2.24) is 4.90 Å². The van der Waals surface area contributed by atoms with Crippen molar-refractivity contribution in [1.29, 1.82) is 0 Å². The molecule has 154 valence electrons. The highest BCUT2D eigenvalue weighted by Crippen LogP contribution is 2.27. The molecule has 0 aliphatic carbocycles. The van der Waals surface area contributed by atoms with E-state index in [0.717, 1.165) is 76.1 Å². The van der Waals surface area contributed by atoms with Gasteiger partial charge in [-0.3, -0.25) is 4.79 Å². The fourth-order valence-electron chi connectivity index (χ4n) is 4.00. The molecule has 2 fully saturated rings. The van der Waals surface area contributed by atoms with E-state index in [9.17, 15) is 4.79 Å². The van der Waals surface area contributed by atoms with Gasteiger partial charge in [0.2, 0.25) is 0 Å². The van der Waals surface area contributed by atoms with Crippen molar-refractivity contribution in [2.75, 3.05) is 74.1 Å². The zero-order chi connectivity index (χ0) is 20.1. The van der Waals surface area contributed by atoms with Crippen LogP contribution in [0.2, 0.25) is 0 Å². The molecule has 0 bridgehead atoms. The summed E-state index contributed by atoms with van der Waals surface area (Å²) in [5, 5.41) is 3.12. The maximum Gasteiger partial charge on any atom is 0.255 e. The van der Waals surface area contributed by atoms with E-state index in [-0.39, 0.29) is 5.91 Å². The molecule has 2 aliphatic rings. The molecular weight excluding hydrogens is 364 g/mol. The molecule has 2 aromatic rings. The van der Waals surface area contributed by atoms with Crippen LogP contribution in [0.15, 0.2) is 48.5 Å². The quantitative estimate of drug-likeness (QED) is 0.845. The third-order valence-corrected chi connectivity index (χ3v) is 5.82. The first-order valence-electron chi connectivity index (χ1n) is 10.5. The van der Waals surface area contributed by atoms with Crippen LogP contribution in [-0.2, 0) is 4.74 Å². The predicted octanol–water partition coefficient (Wildman–Crippen LogP) is 2.92. The number of hydrogen-bond donors (Lipinski definition) is 1. The molecule has 1 N–H and O–H groups in total. The fourth-order valence-corrected chi connectivity index (χ4v) is 4.00. The number of likely N-dealkylation sites (N-methyl/N-ethyl adjacent to an activating group) is 1. The Morgan fingerprint density at radius 1 is 0.897 bits per heavy atom. The predicted molar refractivity (Wildman–Crippen MR) is 118 cm³/mol. The van der Waals surface area contributed by atoms with Crippen molar-refractivity contribution in [3.05, 3.63) is 54.1 Å². The summed E-state index contributed by atoms with van der Waals surface area (Å²) in [7, 11) is 0. The van der Waals surface area contributed by atoms with Crippen LogP contribution in [0.5, 0.6) is 0 Å². The van der Waals surface area contributed by atoms with Gasteiger partial charge in [-0.15, -0.1) is 0 Å². The van der Waals surface area contributed by atoms with Gasteiger partial charge >= 0.3 is 0 Å². The molecular formula is C23H30N4O2. The number of benzene rings is 2. The van der Waals surface area contributed by atoms with E-state index in [1.165, 1.54) is 0 Å². The van der Waals surface area contributed by atoms with Crippen LogP contribution in [0, 0.1) is 0 Å². The Hall–Kier alpha value is -2.57. The average molecular weight is 395 g/mol. The van der Waals surface area contributed by atoms with Crippen LogP contribution < -0.4 is 15.1 Å². The van der Waals surface area contributed by atoms with Gasteiger partial charge in [0.25, 0.3) is 5.91 Å². The summed E-state index contributed by atoms with van der Waals surface area (Å²) in [5.41, 5.74) is 3.79. The van der Waals surface area contributed by atoms with E-state index in [1.807, 2.05) is 42.5 Å². The van der Waals surface area contributed by atoms with E-state index in [4.69, 9.17) is 4.74 Å². The molecule has 2 aliphatic heterocycles. The number of morpholine rings is 1. The number of carbonyl (C=O) groups is 1. The first-order valence-corrected chi connectivity index (χ1v) is 10.5. The summed E-state index contributed by atoms with van der Waals surface area (Å²) in [6.45, 7) is 10.7. The van der Waals surface area contributed by atoms with Crippen LogP contribution in [-0.4, -0.2) is 69.8 Å². The third kappa shape index (κ3) is 4.71. The Morgan fingerprint density at radius 3 is 2.28 bits per heavy atom. The topological polar surface area (TPSA) is 48.0 Å². The van der Waals surface area contributed by atoms with E-state index in [0.29, 0.717) is 5.56 Å². The molecule has 2 saturated heterocycles. The number of piperazine rings is 1. The SMILES string of the molecule is CCN1CCN(c2ccccc2NC(=O)c2ccc(N3CCOCC3)cc2)CC1. The largest absolute Gasteiger partial charge is 0.378 e. The molecule has 0 saturated carbocycles. The lowest BCUT2D eigenvalue weighted by atomic mass is 10.1. The second-order valence-electron chi connectivity index (χ2n) is 7.54. The summed E-state index contributed by atoms with van der Waals surface area (Å²) in [4.78, 5) is 20.0. The van der Waals surface area contributed by atoms with Crippen LogP contribution in [0.3, 0.4) is 0 Å². The van der Waals surface area contributed by atoms with Gasteiger partial charge in [-0.05, 0) is 42.9 Å². The second-order valence-corrected chi connectivity index (χ2v) is 7.54. The van der Waals surface area contributed by atoms with Gasteiger partial charge in [-0.2, -0.15) is 0 Å². The van der Waals surface area contributed by atoms with Gasteiger partial charge in [-0.1, -0.05) is 19.1 Å². The fraction of sp³-hybridized carbons (Fsp3) is 0.435. The van der Waals surface area contributed by atoms with Crippen LogP contribution in [0.4, 0.5) is 17.1 Å². The average Bonchev–Trinajstić information content (AvgIpc) is 2.80. The van der Waals surface area contributed by atoms with Gasteiger partial charge in [-0.25, -0.2) is 0 Å². The van der Waals surface area contributed by atoms with E-state index >= 15 is 0 Å². The summed E-state index contributed by atoms with van der Waals surface area (Å²) >= 11 is 0. The molecule has 0 aromatic heterocycles. The highest BCUT2D eigenvalue weighted by atomic mass is 16.5. The van der Waals surface area contributed by atoms with Crippen LogP contribution in [0.25, 0.3) is 0 Å². The van der Waals surface area contributed by atoms with E-state index in [2.05, 4.69) is 33.0 Å². The highest BCUT2D eigenvalue weighted by molar-refractivity contribution is 6.06. The number of nitrogens with one attached hydrogen (secondary N) is 1. The number of ether oxygens (including phenoxy) is 1. The molecule has 2 heterocycles. The number of anilines is 3. The molecule has 0 atom stereocenters. The number of rotatable bonds is 5. The van der Waals surface area contributed by atoms with E-state index < -0.39 is 0 Å². The third-order valence-electron chi connectivity index (χ3n) is 5.82. The highest BCUT2D eigenvalue weighted by Gasteiger charge is 2.19. The number of carbonyl (C=O) groups excluding carboxylic acids is 1. The zero-order valence-corrected chi connectivity index (χ0v) is 17.1. The van der Waals surface area contributed by atoms with Gasteiger partial charge in [0, 0.05) is 50.5 Å². The Balaban J connectivity index is 1.43. The molecule has 2 aromatic carbocycles. The minimum Gasteiger partial charge on any atom is -0.378 e. The lowest BCUT2D eigenvalue weighted by Gasteiger charge is -2.36. The van der Waals surface area contributed by atoms with Gasteiger partial charge in [0.1, 0.15) is 0 Å². The monoisotopic (exact) mass is 394 g/mol. The van der Waals surface area contributed by atoms with Crippen molar-refractivity contribution in [2.24, 2.45) is 0 Å². The number of para-hydroxylation sites is 2. The van der Waals surface area contributed by atoms with Gasteiger partial charge in [0.05, 0.1) is 24.6 Å². The van der Waals surface area contributed by atoms with Crippen molar-refractivity contribution < 1.29 is 9.53 Å². The molecule has 29 heavy (non-hydrogen) atoms. The molecule has 4 rings (SSSR count). The smallest absolute Gasteiger partial charge is 0.255 e. The summed E-state index contributed by atoms with van der Waals surface area (Å²) in [5.74, 6) is -0.0711. The summed E-state index contributed by atoms with van der Waals surface area (Å²) in [6.07, 6.45) is 0. The second kappa shape index (κ2) is 9.29. The first kappa shape index (κ1) is 19.7. The maximum absolute atomic E-state index is 12.9. The van der Waals surface area contributed by atoms with Crippen LogP contribution >= 0.6 is 0 Å². The van der Waals surface area contributed by atoms with Crippen molar-refractivity contribution >= 4 is 23.0 Å². The molecule has 6 nitrogen and oxygen atoms in total. The van der Waals surface area contributed by atoms with Gasteiger partial charge in [0.15, 0.2) is 0 Å². The molecule has 0 spiro atoms. The molecule has 6 heteroatoms. The molecule has 1 amide bonds. The lowest BCUT2D eigenvalue weighted by molar-refractivity contribution is 0.102. The minimum atomic E-state index is -0.0711. The number of nitrogens with zero attached hydrogens (tertiary/aromatic N) is 3. The van der Waals surface area contributed by atoms with Crippen molar-refractivity contribution in [3.63, 3.8) is 0 Å². The van der Waals surface area contributed by atoms with E-state index in [1.54, 1.807) is 0 Å². The van der Waals surface area contributed by atoms with Crippen molar-refractivity contribution in [3.8, 4) is 0 Å². The van der Waals surface area contributed by atoms with Crippen molar-refractivity contribution in [2.45, 2.75) is 6.92 Å². The molecule has 0 radical (unpaired) electrons. The lowest BCUT2D eigenvalue weighted by Crippen LogP contribution is -2.46. The zero-order valence-electron chi connectivity index (χ0n) is 17.1. The molecule has 0 unspecified atom stereocenters. The maximum atomic E-state index is 12.9. The Bertz CT molecular complexity index is 810. The standard InChI is InChI=1S/C23H30N4O2/c1-2-25-11-13-27(14-12-25)22-6-4-3-5-21(22)24-23(28)19-7-9-20(10-8-19)26-15-17-29-18-16-26/h3-10H,2,11-18H2,1H3,(H,24,28). The summed E-state index contributed by atoms with van der Waals surface area (Å²) < 4.78 is 5.41. The summed E-state index contributed by atoms with van der Waals surface area (Å²) in [6, 6.07) is 16.0. The first-order chi connectivity index (χ1) is 14.2. The Labute approximate surface area is 173 Å². The van der Waals surface area contributed by atoms with Gasteiger partial charge < -0.3 is 24.8 Å². The van der Waals surface area contributed by atoms with Crippen LogP contribution in [0.1, 0.15) is 17.3 Å². The minimum absolute atomic E-state index is 0.0711. The Kier molecular flexibility index (Phi) is 6.32. The Morgan fingerprint density at radius 2 is 1.59 bits per heavy atom. The normalized spacial score (nSPS) is 18.0. The number of amides is 1.